The lowest BCUT2D eigenvalue weighted by atomic mass is 10.0. The summed E-state index contributed by atoms with van der Waals surface area (Å²) in [5, 5.41) is 2.76. The van der Waals surface area contributed by atoms with Crippen molar-refractivity contribution in [3.63, 3.8) is 0 Å². The van der Waals surface area contributed by atoms with E-state index in [9.17, 15) is 13.6 Å². The molecule has 3 N–H and O–H groups in total. The number of nitrogens with two attached hydrogens (primary N) is 1. The van der Waals surface area contributed by atoms with E-state index >= 15 is 0 Å². The number of primary amides is 1. The van der Waals surface area contributed by atoms with Gasteiger partial charge in [-0.3, -0.25) is 4.79 Å². The third-order valence-electron chi connectivity index (χ3n) is 2.30. The average Bonchev–Trinajstić information content (AvgIpc) is 2.21. The number of nitrogens with one attached hydrogen (secondary N) is 1. The number of hydrogen-bond acceptors (Lipinski definition) is 2. The largest absolute Gasteiger partial charge is 0.368 e. The van der Waals surface area contributed by atoms with Crippen LogP contribution in [0.25, 0.3) is 0 Å². The van der Waals surface area contributed by atoms with Crippen molar-refractivity contribution >= 4 is 5.91 Å². The van der Waals surface area contributed by atoms with Crippen molar-refractivity contribution in [3.8, 4) is 0 Å². The van der Waals surface area contributed by atoms with Crippen molar-refractivity contribution in [3.05, 3.63) is 35.4 Å². The molecule has 0 radical (unpaired) electrons. The molecule has 1 rings (SSSR count). The third kappa shape index (κ3) is 3.49. The van der Waals surface area contributed by atoms with Crippen LogP contribution in [0.4, 0.5) is 8.78 Å². The van der Waals surface area contributed by atoms with Gasteiger partial charge in [0.1, 0.15) is 17.7 Å². The molecule has 0 aliphatic rings. The van der Waals surface area contributed by atoms with Crippen LogP contribution in [-0.4, -0.2) is 12.5 Å². The molecule has 1 aromatic carbocycles. The molecule has 0 aliphatic carbocycles. The monoisotopic (exact) mass is 242 g/mol. The molecule has 1 atom stereocenters. The molecular weight excluding hydrogens is 226 g/mol. The average molecular weight is 242 g/mol. The molecule has 0 aliphatic heterocycles. The quantitative estimate of drug-likeness (QED) is 0.826. The van der Waals surface area contributed by atoms with E-state index < -0.39 is 23.6 Å². The normalized spacial score (nSPS) is 12.8. The fraction of sp³-hybridized carbons (Fsp3) is 0.417. The number of hydrogen-bond donors (Lipinski definition) is 2. The van der Waals surface area contributed by atoms with E-state index in [1.807, 2.05) is 13.8 Å². The lowest BCUT2D eigenvalue weighted by Gasteiger charge is -2.18. The first-order valence-electron chi connectivity index (χ1n) is 5.40. The third-order valence-corrected chi connectivity index (χ3v) is 2.30. The molecule has 0 saturated carbocycles. The molecule has 94 valence electrons. The molecule has 0 fully saturated rings. The summed E-state index contributed by atoms with van der Waals surface area (Å²) in [6.45, 7) is 4.28. The fourth-order valence-electron chi connectivity index (χ4n) is 1.48. The zero-order valence-corrected chi connectivity index (χ0v) is 9.84. The lowest BCUT2D eigenvalue weighted by Crippen LogP contribution is -2.36. The molecule has 0 bridgehead atoms. The number of rotatable bonds is 5. The molecule has 0 aromatic heterocycles. The zero-order chi connectivity index (χ0) is 13.0. The highest BCUT2D eigenvalue weighted by atomic mass is 19.1. The Labute approximate surface area is 99.0 Å². The van der Waals surface area contributed by atoms with E-state index in [2.05, 4.69) is 5.32 Å². The predicted molar refractivity (Wildman–Crippen MR) is 61.1 cm³/mol. The van der Waals surface area contributed by atoms with Crippen LogP contribution >= 0.6 is 0 Å². The second-order valence-corrected chi connectivity index (χ2v) is 4.27. The molecule has 3 nitrogen and oxygen atoms in total. The summed E-state index contributed by atoms with van der Waals surface area (Å²) >= 11 is 0. The van der Waals surface area contributed by atoms with Crippen LogP contribution < -0.4 is 11.1 Å². The Balaban J connectivity index is 3.01. The van der Waals surface area contributed by atoms with E-state index in [0.717, 1.165) is 12.1 Å². The Morgan fingerprint density at radius 1 is 1.35 bits per heavy atom. The highest BCUT2D eigenvalue weighted by Gasteiger charge is 2.24. The summed E-state index contributed by atoms with van der Waals surface area (Å²) in [4.78, 5) is 11.2. The topological polar surface area (TPSA) is 55.1 Å². The highest BCUT2D eigenvalue weighted by molar-refractivity contribution is 5.81. The first-order valence-corrected chi connectivity index (χ1v) is 5.40. The molecule has 0 heterocycles. The maximum Gasteiger partial charge on any atom is 0.239 e. The SMILES string of the molecule is CC(C)CNC(C(N)=O)c1c(F)cccc1F. The summed E-state index contributed by atoms with van der Waals surface area (Å²) in [7, 11) is 0. The molecule has 17 heavy (non-hydrogen) atoms. The first kappa shape index (κ1) is 13.6. The van der Waals surface area contributed by atoms with Crippen LogP contribution in [0.1, 0.15) is 25.5 Å². The van der Waals surface area contributed by atoms with E-state index in [1.165, 1.54) is 6.07 Å². The van der Waals surface area contributed by atoms with Crippen molar-refractivity contribution in [1.29, 1.82) is 0 Å². The number of benzene rings is 1. The number of halogens is 2. The Morgan fingerprint density at radius 2 is 1.88 bits per heavy atom. The maximum atomic E-state index is 13.5. The maximum absolute atomic E-state index is 13.5. The summed E-state index contributed by atoms with van der Waals surface area (Å²) in [5.74, 6) is -2.10. The summed E-state index contributed by atoms with van der Waals surface area (Å²) in [6, 6.07) is 2.31. The first-order chi connectivity index (χ1) is 7.93. The van der Waals surface area contributed by atoms with Gasteiger partial charge in [-0.1, -0.05) is 19.9 Å². The second-order valence-electron chi connectivity index (χ2n) is 4.27. The van der Waals surface area contributed by atoms with Gasteiger partial charge in [0, 0.05) is 5.56 Å². The Bertz CT molecular complexity index is 387. The standard InChI is InChI=1S/C12H16F2N2O/c1-7(2)6-16-11(12(15)17)10-8(13)4-3-5-9(10)14/h3-5,7,11,16H,6H2,1-2H3,(H2,15,17). The number of amides is 1. The van der Waals surface area contributed by atoms with Crippen molar-refractivity contribution in [2.24, 2.45) is 11.7 Å². The molecule has 1 amide bonds. The smallest absolute Gasteiger partial charge is 0.239 e. The molecule has 5 heteroatoms. The second kappa shape index (κ2) is 5.72. The number of carbonyl (C=O) groups excluding carboxylic acids is 1. The van der Waals surface area contributed by atoms with Gasteiger partial charge in [0.05, 0.1) is 0 Å². The minimum absolute atomic E-state index is 0.242. The number of carbonyl (C=O) groups is 1. The van der Waals surface area contributed by atoms with E-state index in [0.29, 0.717) is 6.54 Å². The fourth-order valence-corrected chi connectivity index (χ4v) is 1.48. The molecule has 1 aromatic rings. The Morgan fingerprint density at radius 3 is 2.29 bits per heavy atom. The summed E-state index contributed by atoms with van der Waals surface area (Å²) in [6.07, 6.45) is 0. The van der Waals surface area contributed by atoms with Crippen molar-refractivity contribution in [2.75, 3.05) is 6.54 Å². The molecule has 1 unspecified atom stereocenters. The van der Waals surface area contributed by atoms with Crippen LogP contribution in [-0.2, 0) is 4.79 Å². The van der Waals surface area contributed by atoms with E-state index in [-0.39, 0.29) is 11.5 Å². The molecule has 0 spiro atoms. The molecular formula is C12H16F2N2O. The highest BCUT2D eigenvalue weighted by Crippen LogP contribution is 2.20. The minimum Gasteiger partial charge on any atom is -0.368 e. The van der Waals surface area contributed by atoms with Gasteiger partial charge >= 0.3 is 0 Å². The summed E-state index contributed by atoms with van der Waals surface area (Å²) < 4.78 is 27.0. The zero-order valence-electron chi connectivity index (χ0n) is 9.84. The van der Waals surface area contributed by atoms with Crippen molar-refractivity contribution < 1.29 is 13.6 Å². The van der Waals surface area contributed by atoms with Gasteiger partial charge in [-0.15, -0.1) is 0 Å². The summed E-state index contributed by atoms with van der Waals surface area (Å²) in [5.41, 5.74) is 4.84. The minimum atomic E-state index is -1.14. The molecule has 0 saturated heterocycles. The van der Waals surface area contributed by atoms with Gasteiger partial charge in [0.15, 0.2) is 0 Å². The van der Waals surface area contributed by atoms with E-state index in [1.54, 1.807) is 0 Å². The Kier molecular flexibility index (Phi) is 4.57. The predicted octanol–water partition coefficient (Wildman–Crippen LogP) is 1.74. The van der Waals surface area contributed by atoms with Gasteiger partial charge in [-0.05, 0) is 24.6 Å². The van der Waals surface area contributed by atoms with Crippen molar-refractivity contribution in [2.45, 2.75) is 19.9 Å². The lowest BCUT2D eigenvalue weighted by molar-refractivity contribution is -0.120. The van der Waals surface area contributed by atoms with Crippen molar-refractivity contribution in [1.82, 2.24) is 5.32 Å². The van der Waals surface area contributed by atoms with Gasteiger partial charge in [-0.2, -0.15) is 0 Å². The Hall–Kier alpha value is -1.49. The van der Waals surface area contributed by atoms with E-state index in [4.69, 9.17) is 5.73 Å². The van der Waals surface area contributed by atoms with Gasteiger partial charge in [-0.25, -0.2) is 8.78 Å². The van der Waals surface area contributed by atoms with Crippen LogP contribution in [0.2, 0.25) is 0 Å². The van der Waals surface area contributed by atoms with Gasteiger partial charge in [0.25, 0.3) is 0 Å². The van der Waals surface area contributed by atoms with Crippen LogP contribution in [0.5, 0.6) is 0 Å². The van der Waals surface area contributed by atoms with Gasteiger partial charge in [0.2, 0.25) is 5.91 Å². The van der Waals surface area contributed by atoms with Gasteiger partial charge < -0.3 is 11.1 Å². The van der Waals surface area contributed by atoms with Crippen LogP contribution in [0.15, 0.2) is 18.2 Å². The van der Waals surface area contributed by atoms with Crippen LogP contribution in [0, 0.1) is 17.6 Å². The van der Waals surface area contributed by atoms with Crippen LogP contribution in [0.3, 0.4) is 0 Å².